The Labute approximate surface area is 149 Å². The van der Waals surface area contributed by atoms with Crippen molar-refractivity contribution in [2.45, 2.75) is 37.7 Å². The summed E-state index contributed by atoms with van der Waals surface area (Å²) in [7, 11) is -3.61. The predicted octanol–water partition coefficient (Wildman–Crippen LogP) is 1.97. The number of benzene rings is 1. The van der Waals surface area contributed by atoms with E-state index in [9.17, 15) is 13.2 Å². The van der Waals surface area contributed by atoms with E-state index in [2.05, 4.69) is 6.92 Å². The van der Waals surface area contributed by atoms with Crippen molar-refractivity contribution in [1.82, 2.24) is 9.21 Å². The zero-order valence-corrected chi connectivity index (χ0v) is 15.7. The smallest absolute Gasteiger partial charge is 0.253 e. The minimum absolute atomic E-state index is 0.0843. The maximum atomic E-state index is 12.9. The lowest BCUT2D eigenvalue weighted by Gasteiger charge is -2.31. The van der Waals surface area contributed by atoms with Crippen molar-refractivity contribution in [2.24, 2.45) is 5.92 Å². The Morgan fingerprint density at radius 3 is 2.72 bits per heavy atom. The zero-order valence-electron chi connectivity index (χ0n) is 14.8. The lowest BCUT2D eigenvalue weighted by molar-refractivity contribution is 0.0102. The van der Waals surface area contributed by atoms with Gasteiger partial charge >= 0.3 is 0 Å². The van der Waals surface area contributed by atoms with Crippen molar-refractivity contribution < 1.29 is 17.9 Å². The third-order valence-electron chi connectivity index (χ3n) is 4.87. The summed E-state index contributed by atoms with van der Waals surface area (Å²) >= 11 is 0. The molecule has 1 aromatic carbocycles. The monoisotopic (exact) mass is 366 g/mol. The van der Waals surface area contributed by atoms with E-state index in [0.29, 0.717) is 31.2 Å². The van der Waals surface area contributed by atoms with E-state index < -0.39 is 10.0 Å². The molecule has 0 aliphatic carbocycles. The molecule has 2 aliphatic rings. The van der Waals surface area contributed by atoms with Crippen molar-refractivity contribution in [2.75, 3.05) is 32.8 Å². The van der Waals surface area contributed by atoms with Gasteiger partial charge in [0.15, 0.2) is 0 Å². The normalized spacial score (nSPS) is 25.8. The molecule has 138 valence electrons. The largest absolute Gasteiger partial charge is 0.376 e. The molecule has 2 aliphatic heterocycles. The number of amides is 1. The zero-order chi connectivity index (χ0) is 18.0. The third-order valence-corrected chi connectivity index (χ3v) is 6.73. The van der Waals surface area contributed by atoms with Crippen LogP contribution >= 0.6 is 0 Å². The van der Waals surface area contributed by atoms with Crippen LogP contribution in [0.25, 0.3) is 0 Å². The van der Waals surface area contributed by atoms with Gasteiger partial charge in [-0.3, -0.25) is 4.79 Å². The number of ether oxygens (including phenoxy) is 1. The second kappa shape index (κ2) is 7.43. The van der Waals surface area contributed by atoms with Crippen molar-refractivity contribution in [1.29, 1.82) is 0 Å². The first-order chi connectivity index (χ1) is 11.9. The highest BCUT2D eigenvalue weighted by Crippen LogP contribution is 2.22. The summed E-state index contributed by atoms with van der Waals surface area (Å²) in [6, 6.07) is 6.42. The minimum atomic E-state index is -3.61. The molecule has 0 spiro atoms. The number of morpholine rings is 1. The highest BCUT2D eigenvalue weighted by atomic mass is 32.2. The standard InChI is InChI=1S/C18H26N2O4S/c1-14-5-4-8-19(12-14)18(21)16-6-3-7-17(11-16)25(22,23)20-9-10-24-15(2)13-20/h3,6-7,11,14-15H,4-5,8-10,12-13H2,1-2H3. The Morgan fingerprint density at radius 2 is 2.00 bits per heavy atom. The molecule has 3 rings (SSSR count). The number of piperidine rings is 1. The van der Waals surface area contributed by atoms with Crippen LogP contribution in [0.2, 0.25) is 0 Å². The number of carbonyl (C=O) groups excluding carboxylic acids is 1. The minimum Gasteiger partial charge on any atom is -0.376 e. The van der Waals surface area contributed by atoms with E-state index in [1.54, 1.807) is 18.2 Å². The molecule has 2 unspecified atom stereocenters. The molecule has 0 bridgehead atoms. The van der Waals surface area contributed by atoms with Crippen molar-refractivity contribution >= 4 is 15.9 Å². The van der Waals surface area contributed by atoms with Crippen LogP contribution < -0.4 is 0 Å². The highest BCUT2D eigenvalue weighted by Gasteiger charge is 2.30. The second-order valence-electron chi connectivity index (χ2n) is 7.07. The lowest BCUT2D eigenvalue weighted by atomic mass is 9.99. The van der Waals surface area contributed by atoms with E-state index in [4.69, 9.17) is 4.74 Å². The first-order valence-corrected chi connectivity index (χ1v) is 10.3. The summed E-state index contributed by atoms with van der Waals surface area (Å²) in [5, 5.41) is 0. The number of likely N-dealkylation sites (tertiary alicyclic amines) is 1. The number of carbonyl (C=O) groups is 1. The summed E-state index contributed by atoms with van der Waals surface area (Å²) in [6.45, 7) is 6.54. The number of sulfonamides is 1. The van der Waals surface area contributed by atoms with Crippen LogP contribution in [0.4, 0.5) is 0 Å². The maximum Gasteiger partial charge on any atom is 0.253 e. The van der Waals surface area contributed by atoms with Crippen molar-refractivity contribution in [3.63, 3.8) is 0 Å². The third kappa shape index (κ3) is 4.04. The van der Waals surface area contributed by atoms with Crippen LogP contribution in [0, 0.1) is 5.92 Å². The molecule has 7 heteroatoms. The number of nitrogens with zero attached hydrogens (tertiary/aromatic N) is 2. The van der Waals surface area contributed by atoms with Gasteiger partial charge < -0.3 is 9.64 Å². The van der Waals surface area contributed by atoms with Crippen LogP contribution in [0.15, 0.2) is 29.2 Å². The Balaban J connectivity index is 1.82. The number of hydrogen-bond donors (Lipinski definition) is 0. The van der Waals surface area contributed by atoms with Crippen molar-refractivity contribution in [3.8, 4) is 0 Å². The van der Waals surface area contributed by atoms with Gasteiger partial charge in [0.1, 0.15) is 0 Å². The quantitative estimate of drug-likeness (QED) is 0.820. The SMILES string of the molecule is CC1CCCN(C(=O)c2cccc(S(=O)(=O)N3CCOC(C)C3)c2)C1. The molecule has 25 heavy (non-hydrogen) atoms. The van der Waals surface area contributed by atoms with E-state index in [-0.39, 0.29) is 16.9 Å². The Bertz CT molecular complexity index is 734. The Morgan fingerprint density at radius 1 is 1.20 bits per heavy atom. The van der Waals surface area contributed by atoms with Gasteiger partial charge in [-0.1, -0.05) is 13.0 Å². The summed E-state index contributed by atoms with van der Waals surface area (Å²) in [5.41, 5.74) is 0.441. The fourth-order valence-corrected chi connectivity index (χ4v) is 5.05. The van der Waals surface area contributed by atoms with Crippen LogP contribution in [0.5, 0.6) is 0 Å². The molecule has 1 amide bonds. The fourth-order valence-electron chi connectivity index (χ4n) is 3.50. The van der Waals surface area contributed by atoms with Gasteiger partial charge in [-0.25, -0.2) is 8.42 Å². The predicted molar refractivity (Wildman–Crippen MR) is 94.9 cm³/mol. The van der Waals surface area contributed by atoms with E-state index in [1.165, 1.54) is 10.4 Å². The number of hydrogen-bond acceptors (Lipinski definition) is 4. The molecule has 2 atom stereocenters. The Kier molecular flexibility index (Phi) is 5.46. The van der Waals surface area contributed by atoms with Crippen molar-refractivity contribution in [3.05, 3.63) is 29.8 Å². The summed E-state index contributed by atoms with van der Waals surface area (Å²) in [4.78, 5) is 14.8. The first kappa shape index (κ1) is 18.4. The van der Waals surface area contributed by atoms with Gasteiger partial charge in [0, 0.05) is 31.7 Å². The lowest BCUT2D eigenvalue weighted by Crippen LogP contribution is -2.44. The van der Waals surface area contributed by atoms with Gasteiger partial charge in [0.2, 0.25) is 10.0 Å². The van der Waals surface area contributed by atoms with E-state index >= 15 is 0 Å². The molecule has 0 aromatic heterocycles. The molecular weight excluding hydrogens is 340 g/mol. The second-order valence-corrected chi connectivity index (χ2v) is 9.01. The van der Waals surface area contributed by atoms with Gasteiger partial charge in [-0.15, -0.1) is 0 Å². The van der Waals surface area contributed by atoms with Gasteiger partial charge in [0.25, 0.3) is 5.91 Å². The molecule has 2 saturated heterocycles. The summed E-state index contributed by atoms with van der Waals surface area (Å²) in [5.74, 6) is 0.401. The Hall–Kier alpha value is -1.44. The molecule has 1 aromatic rings. The summed E-state index contributed by atoms with van der Waals surface area (Å²) in [6.07, 6.45) is 2.01. The van der Waals surface area contributed by atoms with E-state index in [0.717, 1.165) is 25.9 Å². The van der Waals surface area contributed by atoms with Crippen LogP contribution in [0.1, 0.15) is 37.0 Å². The summed E-state index contributed by atoms with van der Waals surface area (Å²) < 4.78 is 32.6. The van der Waals surface area contributed by atoms with Gasteiger partial charge in [-0.2, -0.15) is 4.31 Å². The molecule has 0 N–H and O–H groups in total. The highest BCUT2D eigenvalue weighted by molar-refractivity contribution is 7.89. The molecule has 0 saturated carbocycles. The van der Waals surface area contributed by atoms with E-state index in [1.807, 2.05) is 11.8 Å². The maximum absolute atomic E-state index is 12.9. The average molecular weight is 366 g/mol. The first-order valence-electron chi connectivity index (χ1n) is 8.89. The van der Waals surface area contributed by atoms with Gasteiger partial charge in [0.05, 0.1) is 17.6 Å². The van der Waals surface area contributed by atoms with Crippen LogP contribution in [-0.4, -0.2) is 62.4 Å². The number of rotatable bonds is 3. The fraction of sp³-hybridized carbons (Fsp3) is 0.611. The van der Waals surface area contributed by atoms with Gasteiger partial charge in [-0.05, 0) is 43.9 Å². The molecule has 6 nitrogen and oxygen atoms in total. The molecule has 2 heterocycles. The van der Waals surface area contributed by atoms with Crippen LogP contribution in [-0.2, 0) is 14.8 Å². The van der Waals surface area contributed by atoms with Crippen LogP contribution in [0.3, 0.4) is 0 Å². The molecular formula is C18H26N2O4S. The molecule has 0 radical (unpaired) electrons. The molecule has 2 fully saturated rings. The average Bonchev–Trinajstić information content (AvgIpc) is 2.61. The topological polar surface area (TPSA) is 66.9 Å².